The highest BCUT2D eigenvalue weighted by Gasteiger charge is 2.27. The van der Waals surface area contributed by atoms with Crippen molar-refractivity contribution in [3.8, 4) is 11.6 Å². The van der Waals surface area contributed by atoms with Gasteiger partial charge in [0.2, 0.25) is 5.91 Å². The van der Waals surface area contributed by atoms with E-state index >= 15 is 0 Å². The van der Waals surface area contributed by atoms with Gasteiger partial charge < -0.3 is 24.6 Å². The molecule has 0 atom stereocenters. The van der Waals surface area contributed by atoms with Gasteiger partial charge in [-0.25, -0.2) is 9.97 Å². The lowest BCUT2D eigenvalue weighted by atomic mass is 9.96. The van der Waals surface area contributed by atoms with Gasteiger partial charge in [0.15, 0.2) is 5.82 Å². The summed E-state index contributed by atoms with van der Waals surface area (Å²) in [5.74, 6) is 2.04. The van der Waals surface area contributed by atoms with Crippen LogP contribution in [0.5, 0.6) is 11.6 Å². The van der Waals surface area contributed by atoms with Crippen molar-refractivity contribution in [1.29, 1.82) is 0 Å². The first-order valence-electron chi connectivity index (χ1n) is 12.2. The van der Waals surface area contributed by atoms with Gasteiger partial charge in [0, 0.05) is 56.7 Å². The molecule has 2 fully saturated rings. The Morgan fingerprint density at radius 1 is 0.914 bits per heavy atom. The highest BCUT2D eigenvalue weighted by atomic mass is 16.5. The molecular weight excluding hydrogens is 442 g/mol. The maximum atomic E-state index is 12.8. The monoisotopic (exact) mass is 473 g/mol. The van der Waals surface area contributed by atoms with Crippen LogP contribution in [0.2, 0.25) is 0 Å². The van der Waals surface area contributed by atoms with Crippen molar-refractivity contribution < 1.29 is 14.3 Å². The number of benzene rings is 2. The van der Waals surface area contributed by atoms with Crippen molar-refractivity contribution in [2.75, 3.05) is 49.2 Å². The number of nitrogens with one attached hydrogen (secondary N) is 1. The summed E-state index contributed by atoms with van der Waals surface area (Å²) in [6.07, 6.45) is 4.85. The molecule has 1 aromatic heterocycles. The highest BCUT2D eigenvalue weighted by Crippen LogP contribution is 2.31. The summed E-state index contributed by atoms with van der Waals surface area (Å²) >= 11 is 0. The molecule has 2 aliphatic rings. The third-order valence-corrected chi connectivity index (χ3v) is 6.55. The summed E-state index contributed by atoms with van der Waals surface area (Å²) < 4.78 is 11.4. The number of aromatic nitrogens is 2. The molecule has 1 N–H and O–H groups in total. The average molecular weight is 474 g/mol. The van der Waals surface area contributed by atoms with Gasteiger partial charge in [0.1, 0.15) is 5.75 Å². The average Bonchev–Trinajstić information content (AvgIpc) is 2.93. The molecule has 1 amide bonds. The Labute approximate surface area is 205 Å². The first kappa shape index (κ1) is 23.1. The van der Waals surface area contributed by atoms with Gasteiger partial charge in [-0.15, -0.1) is 0 Å². The van der Waals surface area contributed by atoms with Crippen molar-refractivity contribution in [3.05, 3.63) is 72.6 Å². The zero-order valence-electron chi connectivity index (χ0n) is 19.8. The largest absolute Gasteiger partial charge is 0.436 e. The van der Waals surface area contributed by atoms with E-state index in [-0.39, 0.29) is 11.8 Å². The third-order valence-electron chi connectivity index (χ3n) is 6.55. The van der Waals surface area contributed by atoms with Crippen LogP contribution in [0, 0.1) is 5.92 Å². The van der Waals surface area contributed by atoms with Crippen LogP contribution in [0.1, 0.15) is 18.4 Å². The molecule has 2 saturated heterocycles. The van der Waals surface area contributed by atoms with E-state index in [1.807, 2.05) is 30.3 Å². The molecule has 5 rings (SSSR count). The van der Waals surface area contributed by atoms with E-state index in [4.69, 9.17) is 9.47 Å². The molecule has 3 heterocycles. The fourth-order valence-corrected chi connectivity index (χ4v) is 4.54. The molecule has 3 aromatic rings. The Bertz CT molecular complexity index is 1100. The molecule has 2 aliphatic heterocycles. The number of carbonyl (C=O) groups is 1. The minimum Gasteiger partial charge on any atom is -0.436 e. The van der Waals surface area contributed by atoms with Crippen LogP contribution >= 0.6 is 0 Å². The molecule has 182 valence electrons. The van der Waals surface area contributed by atoms with Crippen LogP contribution in [-0.4, -0.2) is 55.3 Å². The number of morpholine rings is 1. The predicted molar refractivity (Wildman–Crippen MR) is 135 cm³/mol. The molecule has 8 heteroatoms. The lowest BCUT2D eigenvalue weighted by Crippen LogP contribution is -2.40. The van der Waals surface area contributed by atoms with Crippen LogP contribution in [-0.2, 0) is 16.1 Å². The number of ether oxygens (including phenoxy) is 2. The highest BCUT2D eigenvalue weighted by molar-refractivity contribution is 5.79. The molecule has 35 heavy (non-hydrogen) atoms. The van der Waals surface area contributed by atoms with Gasteiger partial charge >= 0.3 is 0 Å². The predicted octanol–water partition coefficient (Wildman–Crippen LogP) is 3.64. The van der Waals surface area contributed by atoms with Crippen molar-refractivity contribution in [2.45, 2.75) is 19.4 Å². The van der Waals surface area contributed by atoms with Crippen molar-refractivity contribution >= 4 is 17.4 Å². The number of rotatable bonds is 7. The second kappa shape index (κ2) is 11.2. The maximum Gasteiger partial charge on any atom is 0.263 e. The van der Waals surface area contributed by atoms with E-state index in [0.717, 1.165) is 69.4 Å². The number of amides is 1. The van der Waals surface area contributed by atoms with Gasteiger partial charge in [-0.05, 0) is 42.7 Å². The van der Waals surface area contributed by atoms with Crippen molar-refractivity contribution in [3.63, 3.8) is 0 Å². The number of piperidine rings is 1. The van der Waals surface area contributed by atoms with Crippen molar-refractivity contribution in [2.24, 2.45) is 5.92 Å². The normalized spacial score (nSPS) is 16.7. The zero-order chi connectivity index (χ0) is 23.9. The van der Waals surface area contributed by atoms with Crippen LogP contribution in [0.4, 0.5) is 11.5 Å². The van der Waals surface area contributed by atoms with Gasteiger partial charge in [0.05, 0.1) is 13.2 Å². The topological polar surface area (TPSA) is 79.8 Å². The van der Waals surface area contributed by atoms with E-state index in [1.165, 1.54) is 5.69 Å². The Morgan fingerprint density at radius 2 is 1.63 bits per heavy atom. The minimum atomic E-state index is -0.00552. The fourth-order valence-electron chi connectivity index (χ4n) is 4.54. The quantitative estimate of drug-likeness (QED) is 0.561. The third kappa shape index (κ3) is 5.89. The van der Waals surface area contributed by atoms with Gasteiger partial charge in [-0.3, -0.25) is 4.79 Å². The number of hydrogen-bond donors (Lipinski definition) is 1. The maximum absolute atomic E-state index is 12.8. The van der Waals surface area contributed by atoms with E-state index < -0.39 is 0 Å². The standard InChI is InChI=1S/C27H31N5O3/c33-26(30-20-21-6-8-23(9-7-21)31-16-18-34-19-17-31)22-10-14-32(15-11-22)25-27(29-13-12-28-25)35-24-4-2-1-3-5-24/h1-9,12-13,22H,10-11,14-20H2,(H,30,33). The van der Waals surface area contributed by atoms with Crippen LogP contribution < -0.4 is 19.9 Å². The van der Waals surface area contributed by atoms with Crippen LogP contribution in [0.25, 0.3) is 0 Å². The summed E-state index contributed by atoms with van der Waals surface area (Å²) in [6, 6.07) is 18.0. The smallest absolute Gasteiger partial charge is 0.263 e. The van der Waals surface area contributed by atoms with Gasteiger partial charge in [0.25, 0.3) is 5.88 Å². The molecule has 2 aromatic carbocycles. The molecule has 0 bridgehead atoms. The summed E-state index contributed by atoms with van der Waals surface area (Å²) in [6.45, 7) is 5.39. The second-order valence-electron chi connectivity index (χ2n) is 8.85. The molecule has 0 radical (unpaired) electrons. The molecule has 0 unspecified atom stereocenters. The number of para-hydroxylation sites is 1. The summed E-state index contributed by atoms with van der Waals surface area (Å²) in [4.78, 5) is 26.2. The molecule has 8 nitrogen and oxygen atoms in total. The minimum absolute atomic E-state index is 0.00552. The van der Waals surface area contributed by atoms with E-state index in [0.29, 0.717) is 12.4 Å². The molecule has 0 saturated carbocycles. The molecular formula is C27H31N5O3. The van der Waals surface area contributed by atoms with Crippen LogP contribution in [0.3, 0.4) is 0 Å². The van der Waals surface area contributed by atoms with Crippen molar-refractivity contribution in [1.82, 2.24) is 15.3 Å². The van der Waals surface area contributed by atoms with E-state index in [9.17, 15) is 4.79 Å². The first-order valence-corrected chi connectivity index (χ1v) is 12.2. The lowest BCUT2D eigenvalue weighted by molar-refractivity contribution is -0.125. The Hall–Kier alpha value is -3.65. The number of carbonyl (C=O) groups excluding carboxylic acids is 1. The molecule has 0 spiro atoms. The first-order chi connectivity index (χ1) is 17.3. The zero-order valence-corrected chi connectivity index (χ0v) is 19.8. The summed E-state index contributed by atoms with van der Waals surface area (Å²) in [5.41, 5.74) is 2.31. The second-order valence-corrected chi connectivity index (χ2v) is 8.85. The number of anilines is 2. The lowest BCUT2D eigenvalue weighted by Gasteiger charge is -2.32. The Balaban J connectivity index is 1.12. The summed E-state index contributed by atoms with van der Waals surface area (Å²) in [5, 5.41) is 3.12. The SMILES string of the molecule is O=C(NCc1ccc(N2CCOCC2)cc1)C1CCN(c2nccnc2Oc2ccccc2)CC1. The van der Waals surface area contributed by atoms with Crippen LogP contribution in [0.15, 0.2) is 67.0 Å². The van der Waals surface area contributed by atoms with Gasteiger partial charge in [-0.1, -0.05) is 30.3 Å². The Kier molecular flexibility index (Phi) is 7.38. The fraction of sp³-hybridized carbons (Fsp3) is 0.370. The number of hydrogen-bond acceptors (Lipinski definition) is 7. The van der Waals surface area contributed by atoms with E-state index in [2.05, 4.69) is 49.4 Å². The van der Waals surface area contributed by atoms with Gasteiger partial charge in [-0.2, -0.15) is 0 Å². The van der Waals surface area contributed by atoms with E-state index in [1.54, 1.807) is 12.4 Å². The number of nitrogens with zero attached hydrogens (tertiary/aromatic N) is 4. The summed E-state index contributed by atoms with van der Waals surface area (Å²) in [7, 11) is 0. The molecule has 0 aliphatic carbocycles. The Morgan fingerprint density at radius 3 is 2.37 bits per heavy atom.